The van der Waals surface area contributed by atoms with E-state index in [-0.39, 0.29) is 6.04 Å². The normalized spacial score (nSPS) is 11.9. The van der Waals surface area contributed by atoms with Gasteiger partial charge < -0.3 is 24.2 Å². The van der Waals surface area contributed by atoms with Gasteiger partial charge in [0, 0.05) is 35.9 Å². The summed E-state index contributed by atoms with van der Waals surface area (Å²) < 4.78 is 17.0. The summed E-state index contributed by atoms with van der Waals surface area (Å²) in [5.41, 5.74) is 1.35. The molecule has 8 heteroatoms. The Bertz CT molecular complexity index is 1130. The number of aromatic nitrogens is 1. The molecule has 3 rings (SSSR count). The van der Waals surface area contributed by atoms with Crippen molar-refractivity contribution in [3.63, 3.8) is 0 Å². The lowest BCUT2D eigenvalue weighted by atomic mass is 10.1. The van der Waals surface area contributed by atoms with Crippen LogP contribution in [0, 0.1) is 0 Å². The van der Waals surface area contributed by atoms with Crippen molar-refractivity contribution >= 4 is 22.7 Å². The second-order valence-corrected chi connectivity index (χ2v) is 8.54. The molecule has 0 radical (unpaired) electrons. The van der Waals surface area contributed by atoms with Crippen LogP contribution in [0.3, 0.4) is 0 Å². The van der Waals surface area contributed by atoms with Crippen LogP contribution in [0.5, 0.6) is 23.0 Å². The Hall–Kier alpha value is -3.52. The number of hydrogen-bond acceptors (Lipinski definition) is 6. The molecule has 1 amide bonds. The van der Waals surface area contributed by atoms with E-state index in [9.17, 15) is 9.90 Å². The summed E-state index contributed by atoms with van der Waals surface area (Å²) in [6.07, 6.45) is 3.24. The second kappa shape index (κ2) is 13.0. The van der Waals surface area contributed by atoms with Gasteiger partial charge in [-0.15, -0.1) is 0 Å². The topological polar surface area (TPSA) is 84.4 Å². The molecule has 36 heavy (non-hydrogen) atoms. The molecule has 0 aliphatic rings. The van der Waals surface area contributed by atoms with Crippen LogP contribution >= 0.6 is 0 Å². The van der Waals surface area contributed by atoms with Gasteiger partial charge in [0.2, 0.25) is 0 Å². The van der Waals surface area contributed by atoms with Crippen LogP contribution in [-0.4, -0.2) is 61.0 Å². The lowest BCUT2D eigenvalue weighted by Crippen LogP contribution is -2.41. The van der Waals surface area contributed by atoms with Gasteiger partial charge in [0.15, 0.2) is 11.5 Å². The molecule has 0 aliphatic heterocycles. The number of rotatable bonds is 13. The number of ether oxygens (including phenoxy) is 3. The third-order valence-electron chi connectivity index (χ3n) is 6.42. The van der Waals surface area contributed by atoms with E-state index in [0.29, 0.717) is 28.7 Å². The van der Waals surface area contributed by atoms with E-state index >= 15 is 0 Å². The van der Waals surface area contributed by atoms with Crippen molar-refractivity contribution in [1.29, 1.82) is 0 Å². The number of methoxy groups -OCH3 is 2. The molecule has 1 aromatic heterocycles. The Morgan fingerprint density at radius 2 is 1.61 bits per heavy atom. The number of hydrogen-bond donors (Lipinski definition) is 1. The first-order valence-electron chi connectivity index (χ1n) is 12.5. The van der Waals surface area contributed by atoms with Gasteiger partial charge in [0.1, 0.15) is 11.5 Å². The smallest absolute Gasteiger partial charge is 0.412 e. The number of nitrogens with zero attached hydrogens (tertiary/aromatic N) is 3. The monoisotopic (exact) mass is 495 g/mol. The highest BCUT2D eigenvalue weighted by atomic mass is 16.5. The predicted molar refractivity (Wildman–Crippen MR) is 143 cm³/mol. The molecule has 1 heterocycles. The van der Waals surface area contributed by atoms with Crippen molar-refractivity contribution in [3.8, 4) is 23.0 Å². The van der Waals surface area contributed by atoms with Crippen molar-refractivity contribution in [2.75, 3.05) is 38.8 Å². The molecule has 1 unspecified atom stereocenters. The van der Waals surface area contributed by atoms with Crippen LogP contribution in [0.15, 0.2) is 48.7 Å². The lowest BCUT2D eigenvalue weighted by Gasteiger charge is -2.31. The van der Waals surface area contributed by atoms with Gasteiger partial charge in [-0.2, -0.15) is 0 Å². The van der Waals surface area contributed by atoms with Gasteiger partial charge in [-0.05, 0) is 62.3 Å². The SMILES string of the molecule is CCCC(CCN(CC)CC)N(C(=O)O)c1ccc(Oc2ccnc3cc(OC)c(OC)cc23)cc1. The maximum Gasteiger partial charge on any atom is 0.412 e. The van der Waals surface area contributed by atoms with Crippen LogP contribution in [-0.2, 0) is 0 Å². The van der Waals surface area contributed by atoms with E-state index in [0.717, 1.165) is 49.8 Å². The van der Waals surface area contributed by atoms with Gasteiger partial charge in [-0.1, -0.05) is 27.2 Å². The largest absolute Gasteiger partial charge is 0.493 e. The number of anilines is 1. The zero-order valence-corrected chi connectivity index (χ0v) is 21.9. The first-order chi connectivity index (χ1) is 17.4. The summed E-state index contributed by atoms with van der Waals surface area (Å²) in [4.78, 5) is 20.5. The van der Waals surface area contributed by atoms with Crippen molar-refractivity contribution in [2.45, 2.75) is 46.1 Å². The van der Waals surface area contributed by atoms with E-state index in [1.807, 2.05) is 6.07 Å². The molecule has 0 aliphatic carbocycles. The molecule has 0 spiro atoms. The van der Waals surface area contributed by atoms with E-state index in [1.165, 1.54) is 4.90 Å². The van der Waals surface area contributed by atoms with Gasteiger partial charge >= 0.3 is 6.09 Å². The minimum Gasteiger partial charge on any atom is -0.493 e. The van der Waals surface area contributed by atoms with Crippen LogP contribution in [0.25, 0.3) is 10.9 Å². The zero-order chi connectivity index (χ0) is 26.1. The van der Waals surface area contributed by atoms with Crippen LogP contribution in [0.1, 0.15) is 40.0 Å². The van der Waals surface area contributed by atoms with E-state index < -0.39 is 6.09 Å². The summed E-state index contributed by atoms with van der Waals surface area (Å²) in [5.74, 6) is 2.39. The summed E-state index contributed by atoms with van der Waals surface area (Å²) in [6, 6.07) is 12.5. The summed E-state index contributed by atoms with van der Waals surface area (Å²) >= 11 is 0. The number of benzene rings is 2. The number of carboxylic acid groups (broad SMARTS) is 1. The Morgan fingerprint density at radius 1 is 0.944 bits per heavy atom. The molecule has 0 saturated heterocycles. The molecule has 0 saturated carbocycles. The van der Waals surface area contributed by atoms with E-state index in [4.69, 9.17) is 14.2 Å². The summed E-state index contributed by atoms with van der Waals surface area (Å²) in [6.45, 7) is 9.12. The first kappa shape index (κ1) is 27.1. The highest BCUT2D eigenvalue weighted by molar-refractivity contribution is 5.89. The summed E-state index contributed by atoms with van der Waals surface area (Å²) in [7, 11) is 3.17. The molecular formula is C28H37N3O5. The fourth-order valence-electron chi connectivity index (χ4n) is 4.42. The number of pyridine rings is 1. The van der Waals surface area contributed by atoms with Gasteiger partial charge in [-0.3, -0.25) is 9.88 Å². The molecule has 1 N–H and O–H groups in total. The Balaban J connectivity index is 1.85. The third-order valence-corrected chi connectivity index (χ3v) is 6.42. The maximum absolute atomic E-state index is 12.3. The zero-order valence-electron chi connectivity index (χ0n) is 21.9. The van der Waals surface area contributed by atoms with Crippen molar-refractivity contribution in [2.24, 2.45) is 0 Å². The Morgan fingerprint density at radius 3 is 2.19 bits per heavy atom. The molecule has 0 bridgehead atoms. The van der Waals surface area contributed by atoms with Crippen LogP contribution in [0.4, 0.5) is 10.5 Å². The van der Waals surface area contributed by atoms with Crippen LogP contribution in [0.2, 0.25) is 0 Å². The minimum absolute atomic E-state index is 0.0912. The maximum atomic E-state index is 12.3. The van der Waals surface area contributed by atoms with Gasteiger partial charge in [0.05, 0.1) is 19.7 Å². The standard InChI is InChI=1S/C28H37N3O5/c1-6-9-20(15-17-30(7-2)8-3)31(28(32)33)21-10-12-22(13-11-21)36-25-14-16-29-24-19-27(35-5)26(34-4)18-23(24)25/h10-14,16,18-20H,6-9,15,17H2,1-5H3,(H,32,33). The average Bonchev–Trinajstić information content (AvgIpc) is 2.89. The highest BCUT2D eigenvalue weighted by Crippen LogP contribution is 2.37. The number of carbonyl (C=O) groups is 1. The second-order valence-electron chi connectivity index (χ2n) is 8.54. The summed E-state index contributed by atoms with van der Waals surface area (Å²) in [5, 5.41) is 10.9. The number of amides is 1. The first-order valence-corrected chi connectivity index (χ1v) is 12.5. The molecular weight excluding hydrogens is 458 g/mol. The third kappa shape index (κ3) is 6.37. The predicted octanol–water partition coefficient (Wildman–Crippen LogP) is 6.43. The van der Waals surface area contributed by atoms with Gasteiger partial charge in [-0.25, -0.2) is 4.79 Å². The van der Waals surface area contributed by atoms with Gasteiger partial charge in [0.25, 0.3) is 0 Å². The molecule has 3 aromatic rings. The molecule has 194 valence electrons. The van der Waals surface area contributed by atoms with Crippen LogP contribution < -0.4 is 19.1 Å². The molecule has 1 atom stereocenters. The fraction of sp³-hybridized carbons (Fsp3) is 0.429. The molecule has 0 fully saturated rings. The Labute approximate surface area is 213 Å². The quantitative estimate of drug-likeness (QED) is 0.292. The van der Waals surface area contributed by atoms with Crippen molar-refractivity contribution in [1.82, 2.24) is 9.88 Å². The number of fused-ring (bicyclic) bond motifs is 1. The average molecular weight is 496 g/mol. The van der Waals surface area contributed by atoms with E-state index in [2.05, 4.69) is 30.7 Å². The fourth-order valence-corrected chi connectivity index (χ4v) is 4.42. The van der Waals surface area contributed by atoms with Crippen molar-refractivity contribution in [3.05, 3.63) is 48.7 Å². The minimum atomic E-state index is -0.942. The van der Waals surface area contributed by atoms with E-state index in [1.54, 1.807) is 56.8 Å². The molecule has 2 aromatic carbocycles. The molecule has 8 nitrogen and oxygen atoms in total. The van der Waals surface area contributed by atoms with Crippen molar-refractivity contribution < 1.29 is 24.1 Å². The Kier molecular flexibility index (Phi) is 9.76. The lowest BCUT2D eigenvalue weighted by molar-refractivity contribution is 0.196. The highest BCUT2D eigenvalue weighted by Gasteiger charge is 2.25.